The molecule has 1 rings (SSSR count). The zero-order valence-corrected chi connectivity index (χ0v) is 10.2. The average molecular weight is 244 g/mol. The molecule has 1 aromatic heterocycles. The topological polar surface area (TPSA) is 48.4 Å². The number of pyridine rings is 1. The van der Waals surface area contributed by atoms with E-state index in [0.717, 1.165) is 0 Å². The van der Waals surface area contributed by atoms with E-state index in [2.05, 4.69) is 9.72 Å². The Labute approximate surface area is 99.5 Å². The first-order valence-corrected chi connectivity index (χ1v) is 5.29. The molecule has 0 saturated carbocycles. The van der Waals surface area contributed by atoms with Gasteiger partial charge in [-0.25, -0.2) is 9.78 Å². The Morgan fingerprint density at radius 3 is 2.81 bits per heavy atom. The molecular weight excluding hydrogens is 230 g/mol. The lowest BCUT2D eigenvalue weighted by molar-refractivity contribution is 0.0599. The highest BCUT2D eigenvalue weighted by molar-refractivity contribution is 6.30. The number of ether oxygens (including phenoxy) is 2. The van der Waals surface area contributed by atoms with Gasteiger partial charge in [0, 0.05) is 6.20 Å². The van der Waals surface area contributed by atoms with Gasteiger partial charge >= 0.3 is 5.97 Å². The quantitative estimate of drug-likeness (QED) is 0.602. The summed E-state index contributed by atoms with van der Waals surface area (Å²) in [7, 11) is 1.31. The van der Waals surface area contributed by atoms with E-state index in [1.54, 1.807) is 0 Å². The second-order valence-electron chi connectivity index (χ2n) is 3.71. The first kappa shape index (κ1) is 12.8. The van der Waals surface area contributed by atoms with Gasteiger partial charge in [-0.3, -0.25) is 0 Å². The second kappa shape index (κ2) is 5.70. The molecule has 1 aromatic rings. The van der Waals surface area contributed by atoms with Crippen LogP contribution in [0.4, 0.5) is 0 Å². The number of carbonyl (C=O) groups is 1. The Hall–Kier alpha value is -1.29. The van der Waals surface area contributed by atoms with Crippen molar-refractivity contribution in [2.75, 3.05) is 13.7 Å². The minimum atomic E-state index is -0.460. The predicted octanol–water partition coefficient (Wildman–Crippen LogP) is 2.56. The number of aromatic nitrogens is 1. The van der Waals surface area contributed by atoms with Crippen LogP contribution in [0.2, 0.25) is 5.15 Å². The Morgan fingerprint density at radius 2 is 2.25 bits per heavy atom. The smallest absolute Gasteiger partial charge is 0.339 e. The van der Waals surface area contributed by atoms with Gasteiger partial charge in [0.2, 0.25) is 0 Å². The standard InChI is InChI=1S/C11H14ClNO3/c1-7(2)6-16-9-4-8(11(14)15-3)5-13-10(9)12/h4-5,7H,6H2,1-3H3. The lowest BCUT2D eigenvalue weighted by Gasteiger charge is -2.10. The number of nitrogens with zero attached hydrogens (tertiary/aromatic N) is 1. The molecule has 0 radical (unpaired) electrons. The van der Waals surface area contributed by atoms with E-state index in [9.17, 15) is 4.79 Å². The van der Waals surface area contributed by atoms with Crippen molar-refractivity contribution >= 4 is 17.6 Å². The number of rotatable bonds is 4. The van der Waals surface area contributed by atoms with E-state index in [-0.39, 0.29) is 5.15 Å². The summed E-state index contributed by atoms with van der Waals surface area (Å²) in [5.74, 6) is 0.315. The monoisotopic (exact) mass is 243 g/mol. The molecule has 0 aromatic carbocycles. The van der Waals surface area contributed by atoms with E-state index in [1.807, 2.05) is 13.8 Å². The average Bonchev–Trinajstić information content (AvgIpc) is 2.26. The molecule has 88 valence electrons. The summed E-state index contributed by atoms with van der Waals surface area (Å²) in [5, 5.41) is 0.244. The normalized spacial score (nSPS) is 10.3. The van der Waals surface area contributed by atoms with Gasteiger partial charge in [-0.15, -0.1) is 0 Å². The molecule has 0 amide bonds. The highest BCUT2D eigenvalue weighted by Crippen LogP contribution is 2.23. The minimum Gasteiger partial charge on any atom is -0.490 e. The third kappa shape index (κ3) is 3.38. The number of hydrogen-bond donors (Lipinski definition) is 0. The Kier molecular flexibility index (Phi) is 4.55. The number of methoxy groups -OCH3 is 1. The van der Waals surface area contributed by atoms with Crippen molar-refractivity contribution in [3.8, 4) is 5.75 Å². The lowest BCUT2D eigenvalue weighted by Crippen LogP contribution is -2.07. The van der Waals surface area contributed by atoms with Crippen molar-refractivity contribution < 1.29 is 14.3 Å². The molecule has 5 heteroatoms. The molecule has 0 aliphatic carbocycles. The van der Waals surface area contributed by atoms with E-state index < -0.39 is 5.97 Å². The van der Waals surface area contributed by atoms with E-state index in [1.165, 1.54) is 19.4 Å². The van der Waals surface area contributed by atoms with Gasteiger partial charge in [0.1, 0.15) is 0 Å². The van der Waals surface area contributed by atoms with Gasteiger partial charge in [0.15, 0.2) is 10.9 Å². The van der Waals surface area contributed by atoms with E-state index in [4.69, 9.17) is 16.3 Å². The molecule has 1 heterocycles. The first-order valence-electron chi connectivity index (χ1n) is 4.91. The van der Waals surface area contributed by atoms with E-state index >= 15 is 0 Å². The van der Waals surface area contributed by atoms with Crippen LogP contribution in [0.25, 0.3) is 0 Å². The Bertz CT molecular complexity index is 379. The van der Waals surface area contributed by atoms with Crippen molar-refractivity contribution in [2.24, 2.45) is 5.92 Å². The van der Waals surface area contributed by atoms with Gasteiger partial charge in [-0.2, -0.15) is 0 Å². The van der Waals surface area contributed by atoms with Crippen molar-refractivity contribution in [1.82, 2.24) is 4.98 Å². The lowest BCUT2D eigenvalue weighted by atomic mass is 10.2. The zero-order valence-electron chi connectivity index (χ0n) is 9.49. The summed E-state index contributed by atoms with van der Waals surface area (Å²) in [5.41, 5.74) is 0.325. The zero-order chi connectivity index (χ0) is 12.1. The van der Waals surface area contributed by atoms with Crippen molar-refractivity contribution in [1.29, 1.82) is 0 Å². The minimum absolute atomic E-state index is 0.244. The van der Waals surface area contributed by atoms with Crippen LogP contribution in [0.3, 0.4) is 0 Å². The van der Waals surface area contributed by atoms with Crippen LogP contribution in [-0.2, 0) is 4.74 Å². The Balaban J connectivity index is 2.86. The van der Waals surface area contributed by atoms with Crippen molar-refractivity contribution in [3.63, 3.8) is 0 Å². The molecule has 4 nitrogen and oxygen atoms in total. The van der Waals surface area contributed by atoms with Gasteiger partial charge in [0.25, 0.3) is 0 Å². The fraction of sp³-hybridized carbons (Fsp3) is 0.455. The third-order valence-corrected chi connectivity index (χ3v) is 2.08. The van der Waals surface area contributed by atoms with Crippen LogP contribution in [0, 0.1) is 5.92 Å². The fourth-order valence-electron chi connectivity index (χ4n) is 1.02. The summed E-state index contributed by atoms with van der Waals surface area (Å²) in [6.07, 6.45) is 1.36. The molecule has 0 bridgehead atoms. The summed E-state index contributed by atoms with van der Waals surface area (Å²) in [6, 6.07) is 1.53. The molecule has 0 spiro atoms. The molecule has 0 N–H and O–H groups in total. The summed E-state index contributed by atoms with van der Waals surface area (Å²) < 4.78 is 10.0. The van der Waals surface area contributed by atoms with Crippen LogP contribution in [0.15, 0.2) is 12.3 Å². The van der Waals surface area contributed by atoms with Gasteiger partial charge in [-0.1, -0.05) is 25.4 Å². The number of esters is 1. The predicted molar refractivity (Wildman–Crippen MR) is 60.9 cm³/mol. The fourth-order valence-corrected chi connectivity index (χ4v) is 1.17. The third-order valence-electron chi connectivity index (χ3n) is 1.80. The molecular formula is C11H14ClNO3. The molecule has 16 heavy (non-hydrogen) atoms. The van der Waals surface area contributed by atoms with E-state index in [0.29, 0.717) is 23.8 Å². The van der Waals surface area contributed by atoms with Crippen LogP contribution >= 0.6 is 11.6 Å². The maximum Gasteiger partial charge on any atom is 0.339 e. The molecule has 0 saturated heterocycles. The molecule has 0 fully saturated rings. The highest BCUT2D eigenvalue weighted by Gasteiger charge is 2.11. The number of carbonyl (C=O) groups excluding carboxylic acids is 1. The second-order valence-corrected chi connectivity index (χ2v) is 4.07. The Morgan fingerprint density at radius 1 is 1.56 bits per heavy atom. The highest BCUT2D eigenvalue weighted by atomic mass is 35.5. The largest absolute Gasteiger partial charge is 0.490 e. The van der Waals surface area contributed by atoms with Gasteiger partial charge in [-0.05, 0) is 12.0 Å². The molecule has 0 unspecified atom stereocenters. The van der Waals surface area contributed by atoms with Crippen molar-refractivity contribution in [3.05, 3.63) is 23.0 Å². The maximum absolute atomic E-state index is 11.3. The van der Waals surface area contributed by atoms with Gasteiger partial charge < -0.3 is 9.47 Å². The van der Waals surface area contributed by atoms with Crippen molar-refractivity contribution in [2.45, 2.75) is 13.8 Å². The summed E-state index contributed by atoms with van der Waals surface area (Å²) in [4.78, 5) is 15.1. The van der Waals surface area contributed by atoms with Crippen LogP contribution in [0.5, 0.6) is 5.75 Å². The van der Waals surface area contributed by atoms with Crippen LogP contribution in [0.1, 0.15) is 24.2 Å². The van der Waals surface area contributed by atoms with Gasteiger partial charge in [0.05, 0.1) is 19.3 Å². The number of halogens is 1. The maximum atomic E-state index is 11.3. The first-order chi connectivity index (χ1) is 7.54. The molecule has 0 aliphatic rings. The molecule has 0 aliphatic heterocycles. The van der Waals surface area contributed by atoms with Crippen LogP contribution < -0.4 is 4.74 Å². The number of hydrogen-bond acceptors (Lipinski definition) is 4. The van der Waals surface area contributed by atoms with Crippen LogP contribution in [-0.4, -0.2) is 24.7 Å². The summed E-state index contributed by atoms with van der Waals surface area (Å²) >= 11 is 5.84. The molecule has 0 atom stereocenters. The SMILES string of the molecule is COC(=O)c1cnc(Cl)c(OCC(C)C)c1. The summed E-state index contributed by atoms with van der Waals surface area (Å²) in [6.45, 7) is 4.56.